The van der Waals surface area contributed by atoms with Crippen LogP contribution >= 0.6 is 0 Å². The van der Waals surface area contributed by atoms with E-state index >= 15 is 0 Å². The molecule has 3 N–H and O–H groups in total. The lowest BCUT2D eigenvalue weighted by molar-refractivity contribution is -0.141. The zero-order chi connectivity index (χ0) is 8.85. The molecule has 1 atom stereocenters. The molecule has 5 heteroatoms. The highest BCUT2D eigenvalue weighted by Gasteiger charge is 2.12. The summed E-state index contributed by atoms with van der Waals surface area (Å²) >= 11 is 0. The van der Waals surface area contributed by atoms with Crippen LogP contribution < -0.4 is 5.32 Å². The number of carboxylic acid groups (broad SMARTS) is 1. The van der Waals surface area contributed by atoms with Crippen LogP contribution in [0.15, 0.2) is 0 Å². The molecule has 0 aliphatic carbocycles. The Kier molecular flexibility index (Phi) is 4.21. The quantitative estimate of drug-likeness (QED) is 0.491. The molecule has 0 radical (unpaired) electrons. The minimum absolute atomic E-state index is 0.0579. The van der Waals surface area contributed by atoms with Crippen molar-refractivity contribution >= 4 is 11.9 Å². The van der Waals surface area contributed by atoms with Gasteiger partial charge >= 0.3 is 5.97 Å². The minimum atomic E-state index is -1.09. The largest absolute Gasteiger partial charge is 0.480 e. The highest BCUT2D eigenvalue weighted by molar-refractivity contribution is 5.83. The normalized spacial score (nSPS) is 12.2. The van der Waals surface area contributed by atoms with Crippen molar-refractivity contribution in [3.8, 4) is 0 Å². The van der Waals surface area contributed by atoms with Crippen LogP contribution in [0.3, 0.4) is 0 Å². The van der Waals surface area contributed by atoms with Gasteiger partial charge in [-0.25, -0.2) is 0 Å². The van der Waals surface area contributed by atoms with Gasteiger partial charge in [0.15, 0.2) is 0 Å². The highest BCUT2D eigenvalue weighted by atomic mass is 16.4. The molecule has 11 heavy (non-hydrogen) atoms. The molecule has 1 amide bonds. The second-order valence-corrected chi connectivity index (χ2v) is 2.10. The molecule has 64 valence electrons. The van der Waals surface area contributed by atoms with Crippen molar-refractivity contribution in [2.45, 2.75) is 19.4 Å². The molecule has 0 fully saturated rings. The van der Waals surface area contributed by atoms with E-state index in [4.69, 9.17) is 10.2 Å². The van der Waals surface area contributed by atoms with Crippen molar-refractivity contribution in [2.24, 2.45) is 0 Å². The van der Waals surface area contributed by atoms with Gasteiger partial charge in [0.1, 0.15) is 6.04 Å². The summed E-state index contributed by atoms with van der Waals surface area (Å²) in [5, 5.41) is 18.8. The fourth-order valence-corrected chi connectivity index (χ4v) is 0.477. The molecule has 0 aliphatic rings. The van der Waals surface area contributed by atoms with Gasteiger partial charge in [0, 0.05) is 6.42 Å². The van der Waals surface area contributed by atoms with Crippen LogP contribution in [0.5, 0.6) is 0 Å². The second kappa shape index (κ2) is 4.68. The molecule has 0 aromatic carbocycles. The summed E-state index contributed by atoms with van der Waals surface area (Å²) in [6, 6.07) is -0.894. The number of amides is 1. The van der Waals surface area contributed by atoms with E-state index in [0.29, 0.717) is 0 Å². The number of hydrogen-bond acceptors (Lipinski definition) is 3. The Morgan fingerprint density at radius 1 is 1.55 bits per heavy atom. The minimum Gasteiger partial charge on any atom is -0.480 e. The summed E-state index contributed by atoms with van der Waals surface area (Å²) in [6.07, 6.45) is -0.0579. The summed E-state index contributed by atoms with van der Waals surface area (Å²) in [7, 11) is 0. The Morgan fingerprint density at radius 2 is 2.09 bits per heavy atom. The van der Waals surface area contributed by atoms with Gasteiger partial charge in [0.05, 0.1) is 6.61 Å². The number of carbonyl (C=O) groups is 2. The van der Waals surface area contributed by atoms with E-state index in [-0.39, 0.29) is 13.0 Å². The Labute approximate surface area is 64.0 Å². The van der Waals surface area contributed by atoms with Gasteiger partial charge in [-0.05, 0) is 6.92 Å². The summed E-state index contributed by atoms with van der Waals surface area (Å²) < 4.78 is 0. The number of nitrogens with one attached hydrogen (secondary N) is 1. The van der Waals surface area contributed by atoms with E-state index in [9.17, 15) is 9.59 Å². The van der Waals surface area contributed by atoms with Crippen LogP contribution in [0.4, 0.5) is 0 Å². The van der Waals surface area contributed by atoms with Gasteiger partial charge in [0.2, 0.25) is 5.91 Å². The molecule has 5 nitrogen and oxygen atoms in total. The van der Waals surface area contributed by atoms with E-state index in [0.717, 1.165) is 0 Å². The van der Waals surface area contributed by atoms with Gasteiger partial charge in [-0.1, -0.05) is 0 Å². The zero-order valence-electron chi connectivity index (χ0n) is 6.20. The number of carbonyl (C=O) groups excluding carboxylic acids is 1. The van der Waals surface area contributed by atoms with Crippen LogP contribution in [0, 0.1) is 0 Å². The first kappa shape index (κ1) is 9.90. The molecule has 0 rings (SSSR count). The molecule has 0 spiro atoms. The predicted octanol–water partition coefficient (Wildman–Crippen LogP) is -1.04. The van der Waals surface area contributed by atoms with E-state index in [1.54, 1.807) is 0 Å². The molecule has 0 unspecified atom stereocenters. The standard InChI is InChI=1S/C6H11NO4/c1-4(6(10)11)7-5(9)2-3-8/h4,8H,2-3H2,1H3,(H,7,9)(H,10,11)/t4-/m1/s1. The zero-order valence-corrected chi connectivity index (χ0v) is 6.20. The molecule has 0 bridgehead atoms. The fourth-order valence-electron chi connectivity index (χ4n) is 0.477. The Bertz CT molecular complexity index is 157. The Hall–Kier alpha value is -1.10. The van der Waals surface area contributed by atoms with Crippen molar-refractivity contribution in [2.75, 3.05) is 6.61 Å². The number of aliphatic hydroxyl groups excluding tert-OH is 1. The summed E-state index contributed by atoms with van der Waals surface area (Å²) in [4.78, 5) is 20.8. The van der Waals surface area contributed by atoms with Gasteiger partial charge in [0.25, 0.3) is 0 Å². The second-order valence-electron chi connectivity index (χ2n) is 2.10. The van der Waals surface area contributed by atoms with Crippen molar-refractivity contribution in [3.05, 3.63) is 0 Å². The lowest BCUT2D eigenvalue weighted by atomic mass is 10.3. The molecule has 0 aliphatic heterocycles. The van der Waals surface area contributed by atoms with Crippen molar-refractivity contribution < 1.29 is 19.8 Å². The number of aliphatic hydroxyl groups is 1. The molecular weight excluding hydrogens is 150 g/mol. The topological polar surface area (TPSA) is 86.6 Å². The molecule has 0 saturated heterocycles. The van der Waals surface area contributed by atoms with Crippen molar-refractivity contribution in [1.29, 1.82) is 0 Å². The van der Waals surface area contributed by atoms with Crippen LogP contribution in [-0.4, -0.2) is 34.7 Å². The summed E-state index contributed by atoms with van der Waals surface area (Å²) in [5.41, 5.74) is 0. The average molecular weight is 161 g/mol. The van der Waals surface area contributed by atoms with Gasteiger partial charge in [-0.15, -0.1) is 0 Å². The van der Waals surface area contributed by atoms with E-state index in [1.807, 2.05) is 0 Å². The van der Waals surface area contributed by atoms with E-state index < -0.39 is 17.9 Å². The van der Waals surface area contributed by atoms with Crippen LogP contribution in [0.25, 0.3) is 0 Å². The SMILES string of the molecule is C[C@@H](NC(=O)CCO)C(=O)O. The third kappa shape index (κ3) is 4.32. The number of aliphatic carboxylic acids is 1. The number of hydrogen-bond donors (Lipinski definition) is 3. The predicted molar refractivity (Wildman–Crippen MR) is 36.9 cm³/mol. The van der Waals surface area contributed by atoms with Crippen LogP contribution in [-0.2, 0) is 9.59 Å². The van der Waals surface area contributed by atoms with Gasteiger partial charge in [-0.2, -0.15) is 0 Å². The highest BCUT2D eigenvalue weighted by Crippen LogP contribution is 1.83. The number of carboxylic acids is 1. The lowest BCUT2D eigenvalue weighted by Gasteiger charge is -2.07. The maximum absolute atomic E-state index is 10.6. The maximum atomic E-state index is 10.6. The molecular formula is C6H11NO4. The fraction of sp³-hybridized carbons (Fsp3) is 0.667. The molecule has 0 aromatic rings. The van der Waals surface area contributed by atoms with Crippen LogP contribution in [0.1, 0.15) is 13.3 Å². The van der Waals surface area contributed by atoms with E-state index in [1.165, 1.54) is 6.92 Å². The first-order valence-electron chi connectivity index (χ1n) is 3.21. The monoisotopic (exact) mass is 161 g/mol. The summed E-state index contributed by atoms with van der Waals surface area (Å²) in [6.45, 7) is 1.09. The van der Waals surface area contributed by atoms with Crippen LogP contribution in [0.2, 0.25) is 0 Å². The molecule has 0 saturated carbocycles. The third-order valence-corrected chi connectivity index (χ3v) is 1.09. The lowest BCUT2D eigenvalue weighted by Crippen LogP contribution is -2.38. The third-order valence-electron chi connectivity index (χ3n) is 1.09. The average Bonchev–Trinajstić information content (AvgIpc) is 1.87. The van der Waals surface area contributed by atoms with Crippen molar-refractivity contribution in [1.82, 2.24) is 5.32 Å². The van der Waals surface area contributed by atoms with Gasteiger partial charge in [-0.3, -0.25) is 9.59 Å². The molecule has 0 aromatic heterocycles. The summed E-state index contributed by atoms with van der Waals surface area (Å²) in [5.74, 6) is -1.54. The first-order valence-corrected chi connectivity index (χ1v) is 3.21. The maximum Gasteiger partial charge on any atom is 0.325 e. The van der Waals surface area contributed by atoms with Gasteiger partial charge < -0.3 is 15.5 Å². The Balaban J connectivity index is 3.66. The number of rotatable bonds is 4. The molecule has 0 heterocycles. The Morgan fingerprint density at radius 3 is 2.45 bits per heavy atom. The smallest absolute Gasteiger partial charge is 0.325 e. The van der Waals surface area contributed by atoms with E-state index in [2.05, 4.69) is 5.32 Å². The van der Waals surface area contributed by atoms with Crippen molar-refractivity contribution in [3.63, 3.8) is 0 Å². The first-order chi connectivity index (χ1) is 5.07.